The molecule has 0 unspecified atom stereocenters. The second kappa shape index (κ2) is 9.34. The van der Waals surface area contributed by atoms with Crippen molar-refractivity contribution in [2.45, 2.75) is 32.2 Å². The Hall–Kier alpha value is -3.81. The Morgan fingerprint density at radius 2 is 1.94 bits per heavy atom. The number of carbonyl (C=O) groups excluding carboxylic acids is 2. The van der Waals surface area contributed by atoms with Crippen LogP contribution in [0.15, 0.2) is 54.6 Å². The Morgan fingerprint density at radius 1 is 1.16 bits per heavy atom. The molecule has 4 rings (SSSR count). The van der Waals surface area contributed by atoms with Gasteiger partial charge in [-0.3, -0.25) is 4.79 Å². The fourth-order valence-corrected chi connectivity index (χ4v) is 3.71. The fourth-order valence-electron chi connectivity index (χ4n) is 3.71. The molecule has 0 spiro atoms. The minimum atomic E-state index is -0.682. The van der Waals surface area contributed by atoms with E-state index in [-0.39, 0.29) is 24.3 Å². The monoisotopic (exact) mass is 417 g/mol. The van der Waals surface area contributed by atoms with Crippen LogP contribution in [-0.2, 0) is 20.7 Å². The molecule has 0 aliphatic heterocycles. The number of fused-ring (bicyclic) bond motifs is 1. The number of nitrogens with one attached hydrogen (secondary N) is 1. The van der Waals surface area contributed by atoms with Gasteiger partial charge in [0.05, 0.1) is 6.04 Å². The predicted octanol–water partition coefficient (Wildman–Crippen LogP) is 2.72. The quantitative estimate of drug-likeness (QED) is 0.489. The van der Waals surface area contributed by atoms with E-state index in [1.54, 1.807) is 13.0 Å². The average molecular weight is 417 g/mol. The SMILES string of the molecule is Cc1nnnn1/C(=C/c1ccccc1)C(=O)OCC(=O)N[C@H]1CCCc2ccccc21. The third-order valence-electron chi connectivity index (χ3n) is 5.20. The van der Waals surface area contributed by atoms with E-state index in [9.17, 15) is 9.59 Å². The highest BCUT2D eigenvalue weighted by Gasteiger charge is 2.23. The van der Waals surface area contributed by atoms with E-state index in [0.717, 1.165) is 30.4 Å². The first-order valence-corrected chi connectivity index (χ1v) is 10.2. The summed E-state index contributed by atoms with van der Waals surface area (Å²) in [4.78, 5) is 25.3. The molecule has 0 radical (unpaired) electrons. The fraction of sp³-hybridized carbons (Fsp3) is 0.261. The van der Waals surface area contributed by atoms with Crippen LogP contribution in [0, 0.1) is 6.92 Å². The first kappa shape index (κ1) is 20.5. The van der Waals surface area contributed by atoms with E-state index in [1.165, 1.54) is 10.2 Å². The van der Waals surface area contributed by atoms with Gasteiger partial charge in [-0.05, 0) is 59.4 Å². The lowest BCUT2D eigenvalue weighted by Crippen LogP contribution is -2.34. The van der Waals surface area contributed by atoms with Gasteiger partial charge in [0.2, 0.25) is 0 Å². The molecule has 1 amide bonds. The lowest BCUT2D eigenvalue weighted by atomic mass is 9.88. The van der Waals surface area contributed by atoms with E-state index in [0.29, 0.717) is 5.82 Å². The predicted molar refractivity (Wildman–Crippen MR) is 114 cm³/mol. The molecule has 8 heteroatoms. The lowest BCUT2D eigenvalue weighted by molar-refractivity contribution is -0.143. The molecule has 1 aliphatic carbocycles. The second-order valence-electron chi connectivity index (χ2n) is 7.37. The summed E-state index contributed by atoms with van der Waals surface area (Å²) in [5.41, 5.74) is 3.29. The Morgan fingerprint density at radius 3 is 2.71 bits per heavy atom. The number of aromatic nitrogens is 4. The average Bonchev–Trinajstić information content (AvgIpc) is 3.22. The summed E-state index contributed by atoms with van der Waals surface area (Å²) in [6.07, 6.45) is 4.50. The molecule has 1 N–H and O–H groups in total. The van der Waals surface area contributed by atoms with Gasteiger partial charge in [-0.2, -0.15) is 4.68 Å². The normalized spacial score (nSPS) is 15.8. The maximum atomic E-state index is 12.8. The van der Waals surface area contributed by atoms with Crippen molar-refractivity contribution in [2.75, 3.05) is 6.61 Å². The molecule has 2 aromatic carbocycles. The van der Waals surface area contributed by atoms with Crippen molar-refractivity contribution in [3.63, 3.8) is 0 Å². The molecule has 0 bridgehead atoms. The minimum Gasteiger partial charge on any atom is -0.451 e. The number of benzene rings is 2. The first-order chi connectivity index (χ1) is 15.1. The summed E-state index contributed by atoms with van der Waals surface area (Å²) in [5, 5.41) is 14.3. The van der Waals surface area contributed by atoms with Gasteiger partial charge in [0.15, 0.2) is 18.1 Å². The van der Waals surface area contributed by atoms with Crippen molar-refractivity contribution < 1.29 is 14.3 Å². The summed E-state index contributed by atoms with van der Waals surface area (Å²) < 4.78 is 6.61. The number of esters is 1. The van der Waals surface area contributed by atoms with Crippen LogP contribution in [0.5, 0.6) is 0 Å². The van der Waals surface area contributed by atoms with Gasteiger partial charge >= 0.3 is 5.97 Å². The van der Waals surface area contributed by atoms with Gasteiger partial charge < -0.3 is 10.1 Å². The topological polar surface area (TPSA) is 99.0 Å². The van der Waals surface area contributed by atoms with E-state index in [4.69, 9.17) is 4.74 Å². The largest absolute Gasteiger partial charge is 0.451 e. The summed E-state index contributed by atoms with van der Waals surface area (Å²) in [6.45, 7) is 1.30. The van der Waals surface area contributed by atoms with Gasteiger partial charge in [-0.25, -0.2) is 4.79 Å². The second-order valence-corrected chi connectivity index (χ2v) is 7.37. The zero-order valence-electron chi connectivity index (χ0n) is 17.2. The summed E-state index contributed by atoms with van der Waals surface area (Å²) in [7, 11) is 0. The van der Waals surface area contributed by atoms with Crippen molar-refractivity contribution in [2.24, 2.45) is 0 Å². The molecular formula is C23H23N5O3. The van der Waals surface area contributed by atoms with Gasteiger partial charge in [-0.1, -0.05) is 54.6 Å². The van der Waals surface area contributed by atoms with Crippen LogP contribution in [-0.4, -0.2) is 38.7 Å². The van der Waals surface area contributed by atoms with Gasteiger partial charge in [0, 0.05) is 0 Å². The van der Waals surface area contributed by atoms with Crippen molar-refractivity contribution >= 4 is 23.6 Å². The van der Waals surface area contributed by atoms with E-state index >= 15 is 0 Å². The maximum absolute atomic E-state index is 12.8. The number of aryl methyl sites for hydroxylation is 2. The van der Waals surface area contributed by atoms with E-state index in [1.807, 2.05) is 48.5 Å². The van der Waals surface area contributed by atoms with Crippen molar-refractivity contribution in [3.8, 4) is 0 Å². The summed E-state index contributed by atoms with van der Waals surface area (Å²) in [6, 6.07) is 17.3. The number of amides is 1. The molecular weight excluding hydrogens is 394 g/mol. The minimum absolute atomic E-state index is 0.0720. The van der Waals surface area contributed by atoms with Crippen molar-refractivity contribution in [1.82, 2.24) is 25.5 Å². The number of tetrazole rings is 1. The van der Waals surface area contributed by atoms with Crippen LogP contribution in [0.3, 0.4) is 0 Å². The van der Waals surface area contributed by atoms with Gasteiger partial charge in [0.1, 0.15) is 0 Å². The Labute approximate surface area is 179 Å². The number of carbonyl (C=O) groups is 2. The van der Waals surface area contributed by atoms with Crippen molar-refractivity contribution in [3.05, 3.63) is 77.1 Å². The van der Waals surface area contributed by atoms with Crippen LogP contribution in [0.2, 0.25) is 0 Å². The zero-order valence-corrected chi connectivity index (χ0v) is 17.2. The third-order valence-corrected chi connectivity index (χ3v) is 5.20. The van der Waals surface area contributed by atoms with Crippen molar-refractivity contribution in [1.29, 1.82) is 0 Å². The standard InChI is InChI=1S/C23H23N5O3/c1-16-25-26-27-28(16)21(14-17-8-3-2-4-9-17)23(30)31-15-22(29)24-20-13-7-11-18-10-5-6-12-19(18)20/h2-6,8-10,12,14,20H,7,11,13,15H2,1H3,(H,24,29)/b21-14+/t20-/m0/s1. The molecule has 1 atom stereocenters. The molecule has 3 aromatic rings. The van der Waals surface area contributed by atoms with E-state index < -0.39 is 5.97 Å². The summed E-state index contributed by atoms with van der Waals surface area (Å²) in [5.74, 6) is -0.594. The lowest BCUT2D eigenvalue weighted by Gasteiger charge is -2.26. The first-order valence-electron chi connectivity index (χ1n) is 10.2. The molecule has 0 saturated heterocycles. The maximum Gasteiger partial charge on any atom is 0.357 e. The number of hydrogen-bond donors (Lipinski definition) is 1. The zero-order chi connectivity index (χ0) is 21.6. The number of ether oxygens (including phenoxy) is 1. The molecule has 1 aliphatic rings. The van der Waals surface area contributed by atoms with Crippen LogP contribution < -0.4 is 5.32 Å². The van der Waals surface area contributed by atoms with Gasteiger partial charge in [-0.15, -0.1) is 5.10 Å². The molecule has 1 heterocycles. The highest BCUT2D eigenvalue weighted by atomic mass is 16.5. The third kappa shape index (κ3) is 4.85. The van der Waals surface area contributed by atoms with Crippen LogP contribution in [0.4, 0.5) is 0 Å². The highest BCUT2D eigenvalue weighted by Crippen LogP contribution is 2.29. The summed E-state index contributed by atoms with van der Waals surface area (Å²) >= 11 is 0. The Balaban J connectivity index is 1.44. The Kier molecular flexibility index (Phi) is 6.16. The van der Waals surface area contributed by atoms with Crippen LogP contribution in [0.25, 0.3) is 11.8 Å². The molecule has 1 aromatic heterocycles. The molecule has 31 heavy (non-hydrogen) atoms. The highest BCUT2D eigenvalue weighted by molar-refractivity contribution is 6.15. The molecule has 0 saturated carbocycles. The molecule has 158 valence electrons. The number of hydrogen-bond acceptors (Lipinski definition) is 6. The smallest absolute Gasteiger partial charge is 0.357 e. The van der Waals surface area contributed by atoms with Crippen LogP contribution >= 0.6 is 0 Å². The molecule has 8 nitrogen and oxygen atoms in total. The van der Waals surface area contributed by atoms with Crippen LogP contribution in [0.1, 0.15) is 41.4 Å². The number of rotatable bonds is 6. The molecule has 0 fully saturated rings. The van der Waals surface area contributed by atoms with Gasteiger partial charge in [0.25, 0.3) is 5.91 Å². The van der Waals surface area contributed by atoms with E-state index in [2.05, 4.69) is 26.9 Å². The number of nitrogens with zero attached hydrogens (tertiary/aromatic N) is 4. The Bertz CT molecular complexity index is 1110.